The average Bonchev–Trinajstić information content (AvgIpc) is 2.77. The molecule has 31 heavy (non-hydrogen) atoms. The van der Waals surface area contributed by atoms with Gasteiger partial charge in [0.05, 0.1) is 10.9 Å². The van der Waals surface area contributed by atoms with Gasteiger partial charge >= 0.3 is 0 Å². The minimum atomic E-state index is -0.197. The van der Waals surface area contributed by atoms with E-state index in [0.29, 0.717) is 48.2 Å². The molecule has 2 amide bonds. The van der Waals surface area contributed by atoms with Gasteiger partial charge in [-0.05, 0) is 50.5 Å². The van der Waals surface area contributed by atoms with Crippen LogP contribution in [0, 0.1) is 13.8 Å². The summed E-state index contributed by atoms with van der Waals surface area (Å²) in [6, 6.07) is 14.7. The van der Waals surface area contributed by atoms with E-state index in [1.807, 2.05) is 37.3 Å². The number of fused-ring (bicyclic) bond motifs is 1. The fourth-order valence-electron chi connectivity index (χ4n) is 4.06. The van der Waals surface area contributed by atoms with Crippen molar-refractivity contribution in [3.63, 3.8) is 0 Å². The zero-order chi connectivity index (χ0) is 22.0. The molecule has 160 valence electrons. The molecule has 1 aromatic heterocycles. The van der Waals surface area contributed by atoms with Gasteiger partial charge in [0.15, 0.2) is 0 Å². The summed E-state index contributed by atoms with van der Waals surface area (Å²) in [4.78, 5) is 44.4. The van der Waals surface area contributed by atoms with E-state index in [2.05, 4.69) is 10.3 Å². The Kier molecular flexibility index (Phi) is 5.84. The molecule has 1 aliphatic heterocycles. The molecular formula is C24H26N4O3. The second-order valence-electron chi connectivity index (χ2n) is 8.01. The number of rotatable bonds is 4. The van der Waals surface area contributed by atoms with Crippen molar-refractivity contribution in [1.82, 2.24) is 19.8 Å². The van der Waals surface area contributed by atoms with Gasteiger partial charge in [0.2, 0.25) is 5.91 Å². The lowest BCUT2D eigenvalue weighted by Crippen LogP contribution is -2.48. The number of benzene rings is 2. The van der Waals surface area contributed by atoms with Crippen LogP contribution in [0.3, 0.4) is 0 Å². The predicted octanol–water partition coefficient (Wildman–Crippen LogP) is 2.43. The SMILES string of the molecule is Cc1ccccc1C(=O)NC1CCN(C(=O)Cn2c(C)nc3ccccc3c2=O)CC1. The highest BCUT2D eigenvalue weighted by Crippen LogP contribution is 2.14. The number of hydrogen-bond acceptors (Lipinski definition) is 4. The number of carbonyl (C=O) groups excluding carboxylic acids is 2. The van der Waals surface area contributed by atoms with E-state index in [4.69, 9.17) is 0 Å². The second kappa shape index (κ2) is 8.71. The van der Waals surface area contributed by atoms with Crippen LogP contribution in [-0.4, -0.2) is 45.4 Å². The average molecular weight is 418 g/mol. The Morgan fingerprint density at radius 1 is 1.03 bits per heavy atom. The lowest BCUT2D eigenvalue weighted by molar-refractivity contribution is -0.133. The van der Waals surface area contributed by atoms with Gasteiger partial charge < -0.3 is 10.2 Å². The Morgan fingerprint density at radius 2 is 1.71 bits per heavy atom. The summed E-state index contributed by atoms with van der Waals surface area (Å²) >= 11 is 0. The van der Waals surface area contributed by atoms with Crippen molar-refractivity contribution in [1.29, 1.82) is 0 Å². The van der Waals surface area contributed by atoms with E-state index >= 15 is 0 Å². The van der Waals surface area contributed by atoms with Crippen molar-refractivity contribution in [2.45, 2.75) is 39.3 Å². The molecule has 0 aliphatic carbocycles. The fourth-order valence-corrected chi connectivity index (χ4v) is 4.06. The first-order valence-corrected chi connectivity index (χ1v) is 10.5. The molecule has 7 nitrogen and oxygen atoms in total. The standard InChI is InChI=1S/C24H26N4O3/c1-16-7-3-4-8-19(16)23(30)26-18-11-13-27(14-12-18)22(29)15-28-17(2)25-21-10-6-5-9-20(21)24(28)31/h3-10,18H,11-15H2,1-2H3,(H,26,30). The molecule has 2 heterocycles. The Bertz CT molecular complexity index is 1190. The van der Waals surface area contributed by atoms with E-state index in [9.17, 15) is 14.4 Å². The van der Waals surface area contributed by atoms with E-state index in [1.54, 1.807) is 30.0 Å². The van der Waals surface area contributed by atoms with Crippen LogP contribution in [-0.2, 0) is 11.3 Å². The number of para-hydroxylation sites is 1. The van der Waals surface area contributed by atoms with E-state index < -0.39 is 0 Å². The monoisotopic (exact) mass is 418 g/mol. The van der Waals surface area contributed by atoms with Crippen LogP contribution < -0.4 is 10.9 Å². The highest BCUT2D eigenvalue weighted by molar-refractivity contribution is 5.95. The first-order valence-electron chi connectivity index (χ1n) is 10.5. The third kappa shape index (κ3) is 4.35. The van der Waals surface area contributed by atoms with Gasteiger partial charge in [0.1, 0.15) is 12.4 Å². The second-order valence-corrected chi connectivity index (χ2v) is 8.01. The predicted molar refractivity (Wildman–Crippen MR) is 119 cm³/mol. The van der Waals surface area contributed by atoms with Crippen LogP contribution in [0.1, 0.15) is 34.6 Å². The molecule has 0 bridgehead atoms. The van der Waals surface area contributed by atoms with Crippen LogP contribution >= 0.6 is 0 Å². The number of nitrogens with one attached hydrogen (secondary N) is 1. The zero-order valence-electron chi connectivity index (χ0n) is 17.8. The third-order valence-corrected chi connectivity index (χ3v) is 5.92. The molecule has 3 aromatic rings. The summed E-state index contributed by atoms with van der Waals surface area (Å²) in [6.07, 6.45) is 1.38. The summed E-state index contributed by atoms with van der Waals surface area (Å²) < 4.78 is 1.44. The molecule has 0 spiro atoms. The Morgan fingerprint density at radius 3 is 2.45 bits per heavy atom. The number of amides is 2. The van der Waals surface area contributed by atoms with Gasteiger partial charge in [-0.3, -0.25) is 19.0 Å². The maximum Gasteiger partial charge on any atom is 0.261 e. The number of nitrogens with zero attached hydrogens (tertiary/aromatic N) is 3. The highest BCUT2D eigenvalue weighted by atomic mass is 16.2. The third-order valence-electron chi connectivity index (χ3n) is 5.92. The molecule has 0 saturated carbocycles. The van der Waals surface area contributed by atoms with Gasteiger partial charge in [-0.1, -0.05) is 30.3 Å². The largest absolute Gasteiger partial charge is 0.349 e. The van der Waals surface area contributed by atoms with Gasteiger partial charge in [0, 0.05) is 24.7 Å². The van der Waals surface area contributed by atoms with Crippen molar-refractivity contribution < 1.29 is 9.59 Å². The smallest absolute Gasteiger partial charge is 0.261 e. The lowest BCUT2D eigenvalue weighted by atomic mass is 10.0. The molecule has 4 rings (SSSR count). The lowest BCUT2D eigenvalue weighted by Gasteiger charge is -2.32. The van der Waals surface area contributed by atoms with Gasteiger partial charge in [-0.15, -0.1) is 0 Å². The van der Waals surface area contributed by atoms with E-state index in [0.717, 1.165) is 5.56 Å². The first kappa shape index (κ1) is 20.8. The van der Waals surface area contributed by atoms with Crippen molar-refractivity contribution in [3.8, 4) is 0 Å². The van der Waals surface area contributed by atoms with Crippen molar-refractivity contribution in [3.05, 3.63) is 75.8 Å². The first-order chi connectivity index (χ1) is 14.9. The molecule has 1 N–H and O–H groups in total. The number of aromatic nitrogens is 2. The summed E-state index contributed by atoms with van der Waals surface area (Å²) in [5.74, 6) is 0.343. The van der Waals surface area contributed by atoms with Crippen molar-refractivity contribution >= 4 is 22.7 Å². The number of carbonyl (C=O) groups is 2. The summed E-state index contributed by atoms with van der Waals surface area (Å²) in [6.45, 7) is 4.73. The summed E-state index contributed by atoms with van der Waals surface area (Å²) in [5.41, 5.74) is 2.06. The highest BCUT2D eigenvalue weighted by Gasteiger charge is 2.25. The maximum atomic E-state index is 12.9. The van der Waals surface area contributed by atoms with E-state index in [-0.39, 0.29) is 30.0 Å². The number of likely N-dealkylation sites (tertiary alicyclic amines) is 1. The molecule has 2 aromatic carbocycles. The topological polar surface area (TPSA) is 84.3 Å². The zero-order valence-corrected chi connectivity index (χ0v) is 17.8. The van der Waals surface area contributed by atoms with E-state index in [1.165, 1.54) is 4.57 Å². The fraction of sp³-hybridized carbons (Fsp3) is 0.333. The molecule has 1 aliphatic rings. The van der Waals surface area contributed by atoms with Crippen LogP contribution in [0.4, 0.5) is 0 Å². The molecule has 0 radical (unpaired) electrons. The minimum Gasteiger partial charge on any atom is -0.349 e. The Labute approximate surface area is 180 Å². The van der Waals surface area contributed by atoms with Crippen molar-refractivity contribution in [2.24, 2.45) is 0 Å². The molecule has 7 heteroatoms. The molecule has 0 atom stereocenters. The van der Waals surface area contributed by atoms with Gasteiger partial charge in [-0.2, -0.15) is 0 Å². The molecular weight excluding hydrogens is 392 g/mol. The minimum absolute atomic E-state index is 0.0251. The Hall–Kier alpha value is -3.48. The summed E-state index contributed by atoms with van der Waals surface area (Å²) in [7, 11) is 0. The van der Waals surface area contributed by atoms with Gasteiger partial charge in [0.25, 0.3) is 11.5 Å². The van der Waals surface area contributed by atoms with Crippen LogP contribution in [0.5, 0.6) is 0 Å². The molecule has 1 fully saturated rings. The van der Waals surface area contributed by atoms with Crippen LogP contribution in [0.15, 0.2) is 53.3 Å². The number of piperidine rings is 1. The summed E-state index contributed by atoms with van der Waals surface area (Å²) in [5, 5.41) is 3.59. The normalized spacial score (nSPS) is 14.6. The Balaban J connectivity index is 1.38. The quantitative estimate of drug-likeness (QED) is 0.705. The molecule has 0 unspecified atom stereocenters. The molecule has 1 saturated heterocycles. The van der Waals surface area contributed by atoms with Crippen molar-refractivity contribution in [2.75, 3.05) is 13.1 Å². The number of hydrogen-bond donors (Lipinski definition) is 1. The maximum absolute atomic E-state index is 12.9. The number of aryl methyl sites for hydroxylation is 2. The van der Waals surface area contributed by atoms with Crippen LogP contribution in [0.25, 0.3) is 10.9 Å². The van der Waals surface area contributed by atoms with Crippen LogP contribution in [0.2, 0.25) is 0 Å². The van der Waals surface area contributed by atoms with Gasteiger partial charge in [-0.25, -0.2) is 4.98 Å².